The van der Waals surface area contributed by atoms with Crippen LogP contribution in [0.3, 0.4) is 0 Å². The van der Waals surface area contributed by atoms with Crippen LogP contribution in [0.15, 0.2) is 30.5 Å². The Bertz CT molecular complexity index is 845. The molecule has 0 saturated carbocycles. The van der Waals surface area contributed by atoms with E-state index in [2.05, 4.69) is 5.32 Å². The number of anilines is 1. The molecule has 132 valence electrons. The topological polar surface area (TPSA) is 77.4 Å². The molecular weight excluding hydrogens is 367 g/mol. The van der Waals surface area contributed by atoms with Gasteiger partial charge in [0.05, 0.1) is 10.7 Å². The molecule has 6 nitrogen and oxygen atoms in total. The molecule has 0 aliphatic heterocycles. The van der Waals surface area contributed by atoms with Crippen LogP contribution in [0.5, 0.6) is 0 Å². The van der Waals surface area contributed by atoms with E-state index in [0.717, 1.165) is 0 Å². The first-order valence-electron chi connectivity index (χ1n) is 7.33. The molecular formula is C17H16Cl2N2O4. The van der Waals surface area contributed by atoms with E-state index in [9.17, 15) is 14.4 Å². The highest BCUT2D eigenvalue weighted by atomic mass is 35.5. The Morgan fingerprint density at radius 3 is 2.48 bits per heavy atom. The molecule has 2 rings (SSSR count). The Morgan fingerprint density at radius 2 is 1.88 bits per heavy atom. The Balaban J connectivity index is 2.06. The standard InChI is InChI=1S/C17H16Cl2N2O4/c1-9(22)11-6-15(21(3)8-11)17(24)25-10(2)16(23)20-14-7-12(18)4-5-13(14)19/h4-8,10H,1-3H3,(H,20,23)/t10-/m0/s1. The van der Waals surface area contributed by atoms with Gasteiger partial charge in [0.25, 0.3) is 5.91 Å². The van der Waals surface area contributed by atoms with Gasteiger partial charge in [-0.15, -0.1) is 0 Å². The third-order valence-corrected chi connectivity index (χ3v) is 4.02. The number of aromatic nitrogens is 1. The van der Waals surface area contributed by atoms with Crippen molar-refractivity contribution in [2.45, 2.75) is 20.0 Å². The fraction of sp³-hybridized carbons (Fsp3) is 0.235. The van der Waals surface area contributed by atoms with Crippen molar-refractivity contribution >= 4 is 46.5 Å². The van der Waals surface area contributed by atoms with Gasteiger partial charge in [-0.25, -0.2) is 4.79 Å². The fourth-order valence-corrected chi connectivity index (χ4v) is 2.40. The van der Waals surface area contributed by atoms with Crippen molar-refractivity contribution in [2.75, 3.05) is 5.32 Å². The van der Waals surface area contributed by atoms with E-state index in [-0.39, 0.29) is 11.5 Å². The van der Waals surface area contributed by atoms with Crippen molar-refractivity contribution in [3.05, 3.63) is 51.8 Å². The number of nitrogens with one attached hydrogen (secondary N) is 1. The molecule has 0 saturated heterocycles. The monoisotopic (exact) mass is 382 g/mol. The number of nitrogens with zero attached hydrogens (tertiary/aromatic N) is 1. The van der Waals surface area contributed by atoms with Crippen LogP contribution in [-0.4, -0.2) is 28.3 Å². The Hall–Kier alpha value is -2.31. The number of hydrogen-bond donors (Lipinski definition) is 1. The summed E-state index contributed by atoms with van der Waals surface area (Å²) in [4.78, 5) is 35.8. The van der Waals surface area contributed by atoms with Crippen molar-refractivity contribution < 1.29 is 19.1 Å². The highest BCUT2D eigenvalue weighted by Crippen LogP contribution is 2.25. The van der Waals surface area contributed by atoms with Crippen LogP contribution in [0.1, 0.15) is 34.7 Å². The van der Waals surface area contributed by atoms with Crippen LogP contribution >= 0.6 is 23.2 Å². The number of halogens is 2. The molecule has 1 atom stereocenters. The van der Waals surface area contributed by atoms with Gasteiger partial charge in [0.15, 0.2) is 11.9 Å². The minimum Gasteiger partial charge on any atom is -0.448 e. The lowest BCUT2D eigenvalue weighted by atomic mass is 10.2. The zero-order valence-corrected chi connectivity index (χ0v) is 15.3. The summed E-state index contributed by atoms with van der Waals surface area (Å²) in [6.07, 6.45) is 0.452. The van der Waals surface area contributed by atoms with Crippen LogP contribution < -0.4 is 5.32 Å². The first kappa shape index (κ1) is 19.0. The maximum atomic E-state index is 12.2. The quantitative estimate of drug-likeness (QED) is 0.631. The highest BCUT2D eigenvalue weighted by Gasteiger charge is 2.22. The molecule has 1 heterocycles. The Labute approximate surface area is 154 Å². The number of carbonyl (C=O) groups excluding carboxylic acids is 3. The molecule has 1 aromatic carbocycles. The van der Waals surface area contributed by atoms with E-state index >= 15 is 0 Å². The second-order valence-corrected chi connectivity index (χ2v) is 6.29. The van der Waals surface area contributed by atoms with Crippen LogP contribution in [0, 0.1) is 0 Å². The maximum absolute atomic E-state index is 12.2. The summed E-state index contributed by atoms with van der Waals surface area (Å²) in [5.74, 6) is -1.44. The predicted octanol–water partition coefficient (Wildman–Crippen LogP) is 3.72. The smallest absolute Gasteiger partial charge is 0.355 e. The summed E-state index contributed by atoms with van der Waals surface area (Å²) >= 11 is 11.8. The largest absolute Gasteiger partial charge is 0.448 e. The van der Waals surface area contributed by atoms with Gasteiger partial charge in [-0.3, -0.25) is 9.59 Å². The van der Waals surface area contributed by atoms with Crippen molar-refractivity contribution in [1.82, 2.24) is 4.57 Å². The minimum atomic E-state index is -1.07. The van der Waals surface area contributed by atoms with E-state index in [4.69, 9.17) is 27.9 Å². The molecule has 0 unspecified atom stereocenters. The van der Waals surface area contributed by atoms with Gasteiger partial charge >= 0.3 is 5.97 Å². The van der Waals surface area contributed by atoms with Gasteiger partial charge in [-0.2, -0.15) is 0 Å². The van der Waals surface area contributed by atoms with Crippen LogP contribution in [0.2, 0.25) is 10.0 Å². The molecule has 1 N–H and O–H groups in total. The van der Waals surface area contributed by atoms with Crippen LogP contribution in [0.4, 0.5) is 5.69 Å². The molecule has 0 fully saturated rings. The number of Topliss-reactive ketones (excluding diaryl/α,β-unsaturated/α-hetero) is 1. The second-order valence-electron chi connectivity index (χ2n) is 5.44. The number of carbonyl (C=O) groups is 3. The maximum Gasteiger partial charge on any atom is 0.355 e. The van der Waals surface area contributed by atoms with Crippen molar-refractivity contribution in [3.63, 3.8) is 0 Å². The van der Waals surface area contributed by atoms with E-state index < -0.39 is 18.0 Å². The van der Waals surface area contributed by atoms with Crippen LogP contribution in [0.25, 0.3) is 0 Å². The fourth-order valence-electron chi connectivity index (χ4n) is 2.06. The molecule has 0 aliphatic carbocycles. The van der Waals surface area contributed by atoms with Crippen molar-refractivity contribution in [2.24, 2.45) is 7.05 Å². The molecule has 25 heavy (non-hydrogen) atoms. The van der Waals surface area contributed by atoms with E-state index in [1.54, 1.807) is 19.2 Å². The van der Waals surface area contributed by atoms with Gasteiger partial charge in [-0.1, -0.05) is 23.2 Å². The summed E-state index contributed by atoms with van der Waals surface area (Å²) in [5, 5.41) is 3.27. The summed E-state index contributed by atoms with van der Waals surface area (Å²) in [6, 6.07) is 6.05. The number of rotatable bonds is 5. The average Bonchev–Trinajstić information content (AvgIpc) is 2.93. The minimum absolute atomic E-state index is 0.170. The van der Waals surface area contributed by atoms with Crippen molar-refractivity contribution in [1.29, 1.82) is 0 Å². The Kier molecular flexibility index (Phi) is 5.87. The number of benzene rings is 1. The van der Waals surface area contributed by atoms with Gasteiger partial charge in [0.1, 0.15) is 5.69 Å². The molecule has 0 spiro atoms. The van der Waals surface area contributed by atoms with Gasteiger partial charge in [-0.05, 0) is 38.1 Å². The summed E-state index contributed by atoms with van der Waals surface area (Å²) in [7, 11) is 1.61. The van der Waals surface area contributed by atoms with Gasteiger partial charge in [0.2, 0.25) is 0 Å². The molecule has 1 amide bonds. The molecule has 8 heteroatoms. The number of amides is 1. The lowest BCUT2D eigenvalue weighted by molar-refractivity contribution is -0.123. The van der Waals surface area contributed by atoms with E-state index in [0.29, 0.717) is 21.3 Å². The summed E-state index contributed by atoms with van der Waals surface area (Å²) in [5.41, 5.74) is 0.878. The number of ether oxygens (including phenoxy) is 1. The molecule has 0 radical (unpaired) electrons. The number of hydrogen-bond acceptors (Lipinski definition) is 4. The lowest BCUT2D eigenvalue weighted by Gasteiger charge is -2.14. The van der Waals surface area contributed by atoms with Gasteiger partial charge in [0, 0.05) is 23.8 Å². The zero-order chi connectivity index (χ0) is 18.7. The third-order valence-electron chi connectivity index (χ3n) is 3.46. The third kappa shape index (κ3) is 4.61. The average molecular weight is 383 g/mol. The molecule has 1 aromatic heterocycles. The normalized spacial score (nSPS) is 11.7. The van der Waals surface area contributed by atoms with Crippen molar-refractivity contribution in [3.8, 4) is 0 Å². The highest BCUT2D eigenvalue weighted by molar-refractivity contribution is 6.35. The lowest BCUT2D eigenvalue weighted by Crippen LogP contribution is -2.30. The summed E-state index contributed by atoms with van der Waals surface area (Å²) < 4.78 is 6.63. The Morgan fingerprint density at radius 1 is 1.20 bits per heavy atom. The number of aryl methyl sites for hydroxylation is 1. The summed E-state index contributed by atoms with van der Waals surface area (Å²) in [6.45, 7) is 2.83. The first-order valence-corrected chi connectivity index (χ1v) is 8.09. The molecule has 2 aromatic rings. The SMILES string of the molecule is CC(=O)c1cc(C(=O)O[C@@H](C)C(=O)Nc2cc(Cl)ccc2Cl)n(C)c1. The number of esters is 1. The second kappa shape index (κ2) is 7.72. The van der Waals surface area contributed by atoms with E-state index in [1.165, 1.54) is 36.7 Å². The molecule has 0 aliphatic rings. The van der Waals surface area contributed by atoms with E-state index in [1.807, 2.05) is 0 Å². The molecule has 0 bridgehead atoms. The zero-order valence-electron chi connectivity index (χ0n) is 13.8. The van der Waals surface area contributed by atoms with Gasteiger partial charge < -0.3 is 14.6 Å². The first-order chi connectivity index (χ1) is 11.7. The van der Waals surface area contributed by atoms with Crippen LogP contribution in [-0.2, 0) is 16.6 Å². The number of ketones is 1. The predicted molar refractivity (Wildman–Crippen MR) is 95.4 cm³/mol.